The second kappa shape index (κ2) is 6.97. The van der Waals surface area contributed by atoms with Crippen molar-refractivity contribution in [2.45, 2.75) is 13.0 Å². The fourth-order valence-electron chi connectivity index (χ4n) is 2.21. The summed E-state index contributed by atoms with van der Waals surface area (Å²) in [5.41, 5.74) is 0.809. The van der Waals surface area contributed by atoms with Gasteiger partial charge in [0.15, 0.2) is 6.04 Å². The SMILES string of the molecule is CC1=NN(C(=O)c2cccnc2)C(=O)[C@H]1N=Nc1ccc([N+](=O)[O-])cc1. The van der Waals surface area contributed by atoms with Gasteiger partial charge in [-0.05, 0) is 31.2 Å². The number of benzene rings is 1. The lowest BCUT2D eigenvalue weighted by Crippen LogP contribution is -2.34. The molecule has 0 unspecified atom stereocenters. The van der Waals surface area contributed by atoms with Crippen molar-refractivity contribution in [3.63, 3.8) is 0 Å². The van der Waals surface area contributed by atoms with Crippen LogP contribution in [0, 0.1) is 10.1 Å². The number of hydrogen-bond donors (Lipinski definition) is 0. The van der Waals surface area contributed by atoms with Crippen molar-refractivity contribution in [1.82, 2.24) is 9.99 Å². The smallest absolute Gasteiger partial charge is 0.269 e. The summed E-state index contributed by atoms with van der Waals surface area (Å²) in [6.45, 7) is 1.56. The highest BCUT2D eigenvalue weighted by atomic mass is 16.6. The largest absolute Gasteiger partial charge is 0.282 e. The molecule has 0 aliphatic carbocycles. The Hall–Kier alpha value is -3.82. The van der Waals surface area contributed by atoms with Gasteiger partial charge in [0.25, 0.3) is 17.5 Å². The molecular weight excluding hydrogens is 340 g/mol. The van der Waals surface area contributed by atoms with Gasteiger partial charge in [-0.3, -0.25) is 24.7 Å². The van der Waals surface area contributed by atoms with Gasteiger partial charge in [0.05, 0.1) is 21.9 Å². The first kappa shape index (κ1) is 17.0. The maximum Gasteiger partial charge on any atom is 0.282 e. The van der Waals surface area contributed by atoms with Gasteiger partial charge in [-0.2, -0.15) is 20.3 Å². The first-order valence-corrected chi connectivity index (χ1v) is 7.46. The molecule has 0 saturated heterocycles. The predicted octanol–water partition coefficient (Wildman–Crippen LogP) is 2.50. The first-order chi connectivity index (χ1) is 12.5. The molecule has 1 aliphatic heterocycles. The Morgan fingerprint density at radius 3 is 2.62 bits per heavy atom. The molecule has 10 heteroatoms. The zero-order chi connectivity index (χ0) is 18.7. The molecule has 26 heavy (non-hydrogen) atoms. The third-order valence-corrected chi connectivity index (χ3v) is 3.55. The van der Waals surface area contributed by atoms with Crippen LogP contribution in [-0.2, 0) is 4.79 Å². The van der Waals surface area contributed by atoms with Gasteiger partial charge in [0, 0.05) is 24.5 Å². The number of nitro benzene ring substituents is 1. The Balaban J connectivity index is 1.75. The number of imide groups is 1. The molecule has 130 valence electrons. The number of hydrazone groups is 1. The Morgan fingerprint density at radius 1 is 1.27 bits per heavy atom. The van der Waals surface area contributed by atoms with Gasteiger partial charge in [-0.15, -0.1) is 0 Å². The van der Waals surface area contributed by atoms with Gasteiger partial charge in [-0.25, -0.2) is 0 Å². The number of nitrogens with zero attached hydrogens (tertiary/aromatic N) is 6. The minimum atomic E-state index is -1.02. The molecule has 10 nitrogen and oxygen atoms in total. The third-order valence-electron chi connectivity index (χ3n) is 3.55. The fraction of sp³-hybridized carbons (Fsp3) is 0.125. The lowest BCUT2D eigenvalue weighted by molar-refractivity contribution is -0.384. The van der Waals surface area contributed by atoms with Crippen molar-refractivity contribution >= 4 is 28.9 Å². The molecule has 0 saturated carbocycles. The molecule has 2 aromatic rings. The number of nitro groups is 1. The van der Waals surface area contributed by atoms with Crippen LogP contribution in [0.15, 0.2) is 64.1 Å². The molecule has 0 N–H and O–H groups in total. The van der Waals surface area contributed by atoms with E-state index in [0.29, 0.717) is 11.4 Å². The zero-order valence-corrected chi connectivity index (χ0v) is 13.5. The molecule has 0 radical (unpaired) electrons. The third kappa shape index (κ3) is 3.34. The van der Waals surface area contributed by atoms with E-state index in [9.17, 15) is 19.7 Å². The summed E-state index contributed by atoms with van der Waals surface area (Å²) >= 11 is 0. The molecule has 1 aromatic carbocycles. The number of rotatable bonds is 4. The fourth-order valence-corrected chi connectivity index (χ4v) is 2.21. The summed E-state index contributed by atoms with van der Waals surface area (Å²) in [5, 5.41) is 23.2. The number of pyridine rings is 1. The van der Waals surface area contributed by atoms with Crippen LogP contribution in [0.2, 0.25) is 0 Å². The molecule has 1 aliphatic rings. The monoisotopic (exact) mass is 352 g/mol. The van der Waals surface area contributed by atoms with Crippen molar-refractivity contribution in [3.05, 3.63) is 64.5 Å². The van der Waals surface area contributed by atoms with Crippen LogP contribution in [0.4, 0.5) is 11.4 Å². The van der Waals surface area contributed by atoms with Crippen LogP contribution < -0.4 is 0 Å². The van der Waals surface area contributed by atoms with Crippen LogP contribution in [0.3, 0.4) is 0 Å². The summed E-state index contributed by atoms with van der Waals surface area (Å²) < 4.78 is 0. The molecule has 0 fully saturated rings. The first-order valence-electron chi connectivity index (χ1n) is 7.46. The standard InChI is InChI=1S/C16H12N6O4/c1-10-14(19-18-12-4-6-13(7-5-12)22(25)26)16(24)21(20-10)15(23)11-3-2-8-17-9-11/h2-9,14H,1H3/t14-/m0/s1. The number of amides is 2. The molecule has 0 bridgehead atoms. The minimum Gasteiger partial charge on any atom is -0.269 e. The Labute approximate surface area is 147 Å². The van der Waals surface area contributed by atoms with E-state index in [-0.39, 0.29) is 11.3 Å². The average molecular weight is 352 g/mol. The van der Waals surface area contributed by atoms with Crippen molar-refractivity contribution in [2.24, 2.45) is 15.3 Å². The lowest BCUT2D eigenvalue weighted by Gasteiger charge is -2.10. The molecule has 0 spiro atoms. The zero-order valence-electron chi connectivity index (χ0n) is 13.5. The number of azo groups is 1. The normalized spacial score (nSPS) is 16.8. The summed E-state index contributed by atoms with van der Waals surface area (Å²) in [4.78, 5) is 38.7. The second-order valence-electron chi connectivity index (χ2n) is 5.33. The summed E-state index contributed by atoms with van der Waals surface area (Å²) in [5.74, 6) is -1.22. The van der Waals surface area contributed by atoms with Gasteiger partial charge in [0.2, 0.25) is 0 Å². The van der Waals surface area contributed by atoms with E-state index >= 15 is 0 Å². The second-order valence-corrected chi connectivity index (χ2v) is 5.33. The van der Waals surface area contributed by atoms with Crippen LogP contribution in [0.5, 0.6) is 0 Å². The highest BCUT2D eigenvalue weighted by Crippen LogP contribution is 2.21. The molecule has 1 aromatic heterocycles. The number of hydrogen-bond acceptors (Lipinski definition) is 8. The Bertz CT molecular complexity index is 924. The van der Waals surface area contributed by atoms with E-state index in [2.05, 4.69) is 20.3 Å². The number of aromatic nitrogens is 1. The summed E-state index contributed by atoms with van der Waals surface area (Å²) in [6.07, 6.45) is 2.85. The highest BCUT2D eigenvalue weighted by Gasteiger charge is 2.38. The predicted molar refractivity (Wildman–Crippen MR) is 89.9 cm³/mol. The molecular formula is C16H12N6O4. The van der Waals surface area contributed by atoms with Gasteiger partial charge in [0.1, 0.15) is 0 Å². The van der Waals surface area contributed by atoms with Crippen LogP contribution in [0.1, 0.15) is 17.3 Å². The van der Waals surface area contributed by atoms with Crippen molar-refractivity contribution in [3.8, 4) is 0 Å². The van der Waals surface area contributed by atoms with E-state index in [1.54, 1.807) is 13.0 Å². The number of carbonyl (C=O) groups excluding carboxylic acids is 2. The van der Waals surface area contributed by atoms with Gasteiger partial charge >= 0.3 is 0 Å². The van der Waals surface area contributed by atoms with E-state index in [0.717, 1.165) is 5.01 Å². The van der Waals surface area contributed by atoms with E-state index in [1.165, 1.54) is 42.7 Å². The molecule has 3 rings (SSSR count). The summed E-state index contributed by atoms with van der Waals surface area (Å²) in [7, 11) is 0. The minimum absolute atomic E-state index is 0.0770. The molecule has 2 heterocycles. The maximum atomic E-state index is 12.4. The van der Waals surface area contributed by atoms with Crippen molar-refractivity contribution in [2.75, 3.05) is 0 Å². The van der Waals surface area contributed by atoms with Gasteiger partial charge < -0.3 is 0 Å². The van der Waals surface area contributed by atoms with Crippen molar-refractivity contribution in [1.29, 1.82) is 0 Å². The summed E-state index contributed by atoms with van der Waals surface area (Å²) in [6, 6.07) is 7.47. The number of carbonyl (C=O) groups is 2. The molecule has 1 atom stereocenters. The van der Waals surface area contributed by atoms with E-state index < -0.39 is 22.8 Å². The van der Waals surface area contributed by atoms with E-state index in [4.69, 9.17) is 0 Å². The maximum absolute atomic E-state index is 12.4. The van der Waals surface area contributed by atoms with E-state index in [1.807, 2.05) is 0 Å². The van der Waals surface area contributed by atoms with Crippen LogP contribution >= 0.6 is 0 Å². The topological polar surface area (TPSA) is 130 Å². The van der Waals surface area contributed by atoms with Crippen LogP contribution in [0.25, 0.3) is 0 Å². The average Bonchev–Trinajstić information content (AvgIpc) is 2.94. The lowest BCUT2D eigenvalue weighted by atomic mass is 10.2. The number of non-ortho nitro benzene ring substituents is 1. The van der Waals surface area contributed by atoms with Crippen LogP contribution in [-0.4, -0.2) is 38.5 Å². The quantitative estimate of drug-likeness (QED) is 0.361. The highest BCUT2D eigenvalue weighted by molar-refractivity contribution is 6.18. The Kier molecular flexibility index (Phi) is 4.56. The van der Waals surface area contributed by atoms with Crippen molar-refractivity contribution < 1.29 is 14.5 Å². The van der Waals surface area contributed by atoms with Gasteiger partial charge in [-0.1, -0.05) is 0 Å². The molecule has 2 amide bonds. The Morgan fingerprint density at radius 2 is 2.00 bits per heavy atom.